The van der Waals surface area contributed by atoms with Crippen molar-refractivity contribution < 1.29 is 13.9 Å². The third-order valence-corrected chi connectivity index (χ3v) is 4.63. The van der Waals surface area contributed by atoms with Gasteiger partial charge in [-0.25, -0.2) is 9.37 Å². The maximum absolute atomic E-state index is 14.1. The molecule has 0 fully saturated rings. The van der Waals surface area contributed by atoms with Gasteiger partial charge in [0.15, 0.2) is 5.65 Å². The van der Waals surface area contributed by atoms with Crippen LogP contribution in [-0.2, 0) is 11.3 Å². The van der Waals surface area contributed by atoms with E-state index < -0.39 is 0 Å². The van der Waals surface area contributed by atoms with Crippen molar-refractivity contribution in [2.45, 2.75) is 19.6 Å². The summed E-state index contributed by atoms with van der Waals surface area (Å²) < 4.78 is 21.3. The fourth-order valence-corrected chi connectivity index (χ4v) is 3.40. The number of benzene rings is 1. The first kappa shape index (κ1) is 16.7. The second kappa shape index (κ2) is 6.31. The van der Waals surface area contributed by atoms with Crippen molar-refractivity contribution in [3.63, 3.8) is 0 Å². The smallest absolute Gasteiger partial charge is 0.257 e. The monoisotopic (exact) mass is 380 g/mol. The van der Waals surface area contributed by atoms with Gasteiger partial charge in [0.2, 0.25) is 0 Å². The highest BCUT2D eigenvalue weighted by atomic mass is 19.1. The number of hydrogen-bond acceptors (Lipinski definition) is 5. The van der Waals surface area contributed by atoms with E-state index in [0.29, 0.717) is 40.5 Å². The molecule has 3 aromatic heterocycles. The van der Waals surface area contributed by atoms with Crippen molar-refractivity contribution in [1.82, 2.24) is 24.9 Å². The minimum Gasteiger partial charge on any atom is -0.375 e. The molecule has 28 heavy (non-hydrogen) atoms. The molecule has 4 aromatic rings. The predicted molar refractivity (Wildman–Crippen MR) is 101 cm³/mol. The molecule has 0 spiro atoms. The molecule has 1 aliphatic rings. The van der Waals surface area contributed by atoms with E-state index >= 15 is 0 Å². The fourth-order valence-electron chi connectivity index (χ4n) is 3.40. The van der Waals surface area contributed by atoms with Crippen LogP contribution >= 0.6 is 0 Å². The fraction of sp³-hybridized carbons (Fsp3) is 0.211. The summed E-state index contributed by atoms with van der Waals surface area (Å²) in [5.74, 6) is -0.147. The molecule has 0 saturated carbocycles. The number of hydrogen-bond donors (Lipinski definition) is 3. The second-order valence-electron chi connectivity index (χ2n) is 6.86. The Hall–Kier alpha value is -3.46. The van der Waals surface area contributed by atoms with Gasteiger partial charge in [0, 0.05) is 17.9 Å². The van der Waals surface area contributed by atoms with Gasteiger partial charge in [0.1, 0.15) is 22.8 Å². The van der Waals surface area contributed by atoms with E-state index in [2.05, 4.69) is 25.7 Å². The first-order valence-corrected chi connectivity index (χ1v) is 8.88. The molecular formula is C19H17FN6O2. The zero-order valence-electron chi connectivity index (χ0n) is 15.0. The lowest BCUT2D eigenvalue weighted by atomic mass is 10.2. The third kappa shape index (κ3) is 2.76. The highest BCUT2D eigenvalue weighted by molar-refractivity contribution is 6.02. The quantitative estimate of drug-likeness (QED) is 0.436. The van der Waals surface area contributed by atoms with Crippen LogP contribution in [-0.4, -0.2) is 38.1 Å². The molecule has 1 aromatic carbocycles. The molecule has 4 heterocycles. The summed E-state index contributed by atoms with van der Waals surface area (Å²) in [6.07, 6.45) is 3.25. The predicted octanol–water partition coefficient (Wildman–Crippen LogP) is 2.74. The maximum Gasteiger partial charge on any atom is 0.257 e. The molecule has 142 valence electrons. The number of aromatic nitrogens is 4. The zero-order valence-corrected chi connectivity index (χ0v) is 15.0. The second-order valence-corrected chi connectivity index (χ2v) is 6.86. The van der Waals surface area contributed by atoms with E-state index in [-0.39, 0.29) is 24.4 Å². The summed E-state index contributed by atoms with van der Waals surface area (Å²) in [6.45, 7) is 2.37. The van der Waals surface area contributed by atoms with Gasteiger partial charge in [-0.3, -0.25) is 4.79 Å². The summed E-state index contributed by atoms with van der Waals surface area (Å²) in [5.41, 5.74) is 2.68. The van der Waals surface area contributed by atoms with Crippen LogP contribution in [0.15, 0.2) is 36.7 Å². The standard InChI is InChI=1S/C19H17FN6O2/c1-10-8-28-9-11-4-12(20)6-13(5-11)24-16-14-2-3-21-17(14)26-18(25-16)15(7-22-26)19(27)23-10/h2-7,10,21H,8-9H2,1H3,(H,23,27)(H,24,25)/t10-/m1/s1. The SMILES string of the molecule is C[C@@H]1COCc2cc(F)cc(c2)Nc2nc3c(cnn3c3[nH]ccc23)C(=O)N1. The maximum atomic E-state index is 14.1. The highest BCUT2D eigenvalue weighted by Gasteiger charge is 2.20. The molecule has 4 bridgehead atoms. The van der Waals surface area contributed by atoms with Gasteiger partial charge in [-0.2, -0.15) is 9.61 Å². The van der Waals surface area contributed by atoms with Crippen LogP contribution < -0.4 is 10.6 Å². The number of carbonyl (C=O) groups excluding carboxylic acids is 1. The van der Waals surface area contributed by atoms with E-state index in [0.717, 1.165) is 5.39 Å². The molecule has 5 rings (SSSR count). The van der Waals surface area contributed by atoms with E-state index in [4.69, 9.17) is 4.74 Å². The van der Waals surface area contributed by atoms with Gasteiger partial charge >= 0.3 is 0 Å². The van der Waals surface area contributed by atoms with Crippen molar-refractivity contribution in [3.05, 3.63) is 53.6 Å². The Morgan fingerprint density at radius 1 is 1.32 bits per heavy atom. The normalized spacial score (nSPS) is 17.5. The molecule has 0 unspecified atom stereocenters. The summed E-state index contributed by atoms with van der Waals surface area (Å²) in [5, 5.41) is 11.1. The minimum absolute atomic E-state index is 0.231. The van der Waals surface area contributed by atoms with Gasteiger partial charge in [0.05, 0.1) is 24.8 Å². The summed E-state index contributed by atoms with van der Waals surface area (Å²) in [6, 6.07) is 6.26. The van der Waals surface area contributed by atoms with Crippen LogP contribution in [0.1, 0.15) is 22.8 Å². The molecule has 0 saturated heterocycles. The van der Waals surface area contributed by atoms with Crippen LogP contribution in [0.2, 0.25) is 0 Å². The number of amides is 1. The number of rotatable bonds is 0. The van der Waals surface area contributed by atoms with Crippen molar-refractivity contribution in [2.75, 3.05) is 11.9 Å². The summed E-state index contributed by atoms with van der Waals surface area (Å²) in [7, 11) is 0. The molecule has 9 heteroatoms. The molecule has 1 aliphatic heterocycles. The van der Waals surface area contributed by atoms with E-state index in [9.17, 15) is 9.18 Å². The first-order valence-electron chi connectivity index (χ1n) is 8.88. The van der Waals surface area contributed by atoms with Crippen molar-refractivity contribution in [1.29, 1.82) is 0 Å². The largest absolute Gasteiger partial charge is 0.375 e. The van der Waals surface area contributed by atoms with Crippen molar-refractivity contribution in [2.24, 2.45) is 0 Å². The number of carbonyl (C=O) groups is 1. The highest BCUT2D eigenvalue weighted by Crippen LogP contribution is 2.27. The Bertz CT molecular complexity index is 1210. The topological polar surface area (TPSA) is 96.3 Å². The third-order valence-electron chi connectivity index (χ3n) is 4.63. The number of nitrogens with one attached hydrogen (secondary N) is 3. The Morgan fingerprint density at radius 2 is 2.21 bits per heavy atom. The number of aromatic amines is 1. The Balaban J connectivity index is 1.74. The average molecular weight is 380 g/mol. The number of anilines is 2. The number of fused-ring (bicyclic) bond motifs is 6. The number of nitrogens with zero attached hydrogens (tertiary/aromatic N) is 3. The zero-order chi connectivity index (χ0) is 19.3. The average Bonchev–Trinajstić information content (AvgIpc) is 3.27. The number of H-pyrrole nitrogens is 1. The van der Waals surface area contributed by atoms with Crippen LogP contribution in [0.5, 0.6) is 0 Å². The Labute approximate surface area is 158 Å². The van der Waals surface area contributed by atoms with E-state index in [1.165, 1.54) is 18.3 Å². The number of halogens is 1. The van der Waals surface area contributed by atoms with E-state index in [1.807, 2.05) is 19.1 Å². The van der Waals surface area contributed by atoms with Gasteiger partial charge in [0.25, 0.3) is 5.91 Å². The van der Waals surface area contributed by atoms with Crippen molar-refractivity contribution in [3.8, 4) is 0 Å². The number of ether oxygens (including phenoxy) is 1. The van der Waals surface area contributed by atoms with Crippen LogP contribution in [0.25, 0.3) is 16.7 Å². The van der Waals surface area contributed by atoms with Crippen LogP contribution in [0.4, 0.5) is 15.9 Å². The summed E-state index contributed by atoms with van der Waals surface area (Å²) in [4.78, 5) is 20.5. The molecular weight excluding hydrogens is 363 g/mol. The summed E-state index contributed by atoms with van der Waals surface area (Å²) >= 11 is 0. The van der Waals surface area contributed by atoms with Crippen molar-refractivity contribution >= 4 is 34.1 Å². The Morgan fingerprint density at radius 3 is 3.11 bits per heavy atom. The van der Waals surface area contributed by atoms with Crippen LogP contribution in [0.3, 0.4) is 0 Å². The van der Waals surface area contributed by atoms with E-state index in [1.54, 1.807) is 10.7 Å². The van der Waals surface area contributed by atoms with Crippen LogP contribution in [0, 0.1) is 5.82 Å². The van der Waals surface area contributed by atoms with Gasteiger partial charge in [-0.1, -0.05) is 0 Å². The lowest BCUT2D eigenvalue weighted by molar-refractivity contribution is 0.0821. The molecule has 8 nitrogen and oxygen atoms in total. The van der Waals surface area contributed by atoms with Gasteiger partial charge in [-0.05, 0) is 36.8 Å². The molecule has 1 atom stereocenters. The first-order chi connectivity index (χ1) is 13.6. The Kier molecular flexibility index (Phi) is 3.76. The lowest BCUT2D eigenvalue weighted by Crippen LogP contribution is -2.35. The molecule has 0 radical (unpaired) electrons. The van der Waals surface area contributed by atoms with Gasteiger partial charge in [-0.15, -0.1) is 0 Å². The van der Waals surface area contributed by atoms with Gasteiger partial charge < -0.3 is 20.4 Å². The minimum atomic E-state index is -0.367. The molecule has 1 amide bonds. The molecule has 0 aliphatic carbocycles. The lowest BCUT2D eigenvalue weighted by Gasteiger charge is -2.16. The molecule has 3 N–H and O–H groups in total.